The van der Waals surface area contributed by atoms with Crippen molar-refractivity contribution in [3.63, 3.8) is 0 Å². The molecule has 0 spiro atoms. The van der Waals surface area contributed by atoms with Gasteiger partial charge in [0, 0.05) is 13.2 Å². The summed E-state index contributed by atoms with van der Waals surface area (Å²) in [5.41, 5.74) is 0. The summed E-state index contributed by atoms with van der Waals surface area (Å²) in [4.78, 5) is 0. The average Bonchev–Trinajstić information content (AvgIpc) is 2.59. The summed E-state index contributed by atoms with van der Waals surface area (Å²) < 4.78 is 16.5. The standard InChI is InChI=1S/C10H20O3/c1-3-5-12-9-7-11-8-10(9)13-6-4-2/h9-10H,3-8H2,1-2H3. The van der Waals surface area contributed by atoms with E-state index in [-0.39, 0.29) is 12.2 Å². The molecule has 1 fully saturated rings. The van der Waals surface area contributed by atoms with Gasteiger partial charge in [-0.15, -0.1) is 0 Å². The second-order valence-corrected chi connectivity index (χ2v) is 3.36. The third kappa shape index (κ3) is 3.63. The van der Waals surface area contributed by atoms with Crippen LogP contribution in [0.2, 0.25) is 0 Å². The molecule has 0 aromatic carbocycles. The first kappa shape index (κ1) is 11.0. The van der Waals surface area contributed by atoms with Gasteiger partial charge >= 0.3 is 0 Å². The molecule has 0 aliphatic carbocycles. The van der Waals surface area contributed by atoms with Crippen molar-refractivity contribution in [1.82, 2.24) is 0 Å². The Labute approximate surface area is 80.4 Å². The first-order valence-electron chi connectivity index (χ1n) is 5.19. The highest BCUT2D eigenvalue weighted by atomic mass is 16.6. The molecule has 2 atom stereocenters. The van der Waals surface area contributed by atoms with Gasteiger partial charge in [0.2, 0.25) is 0 Å². The molecule has 0 N–H and O–H groups in total. The molecule has 0 amide bonds. The van der Waals surface area contributed by atoms with Gasteiger partial charge in [0.1, 0.15) is 12.2 Å². The summed E-state index contributed by atoms with van der Waals surface area (Å²) in [6, 6.07) is 0. The first-order chi connectivity index (χ1) is 6.38. The minimum Gasteiger partial charge on any atom is -0.376 e. The van der Waals surface area contributed by atoms with E-state index in [1.165, 1.54) is 0 Å². The Hall–Kier alpha value is -0.120. The Morgan fingerprint density at radius 3 is 1.85 bits per heavy atom. The summed E-state index contributed by atoms with van der Waals surface area (Å²) in [5, 5.41) is 0. The molecule has 78 valence electrons. The van der Waals surface area contributed by atoms with E-state index in [0.717, 1.165) is 26.1 Å². The molecular weight excluding hydrogens is 168 g/mol. The number of rotatable bonds is 6. The van der Waals surface area contributed by atoms with E-state index in [1.54, 1.807) is 0 Å². The molecule has 1 aliphatic rings. The fraction of sp³-hybridized carbons (Fsp3) is 1.00. The number of ether oxygens (including phenoxy) is 3. The Morgan fingerprint density at radius 2 is 1.46 bits per heavy atom. The summed E-state index contributed by atoms with van der Waals surface area (Å²) in [6.45, 7) is 7.21. The van der Waals surface area contributed by atoms with Gasteiger partial charge in [-0.3, -0.25) is 0 Å². The van der Waals surface area contributed by atoms with Gasteiger partial charge < -0.3 is 14.2 Å². The van der Waals surface area contributed by atoms with Crippen molar-refractivity contribution in [2.75, 3.05) is 26.4 Å². The minimum atomic E-state index is 0.159. The summed E-state index contributed by atoms with van der Waals surface area (Å²) in [5.74, 6) is 0. The predicted octanol–water partition coefficient (Wildman–Crippen LogP) is 1.61. The molecule has 1 aliphatic heterocycles. The van der Waals surface area contributed by atoms with Crippen LogP contribution in [-0.2, 0) is 14.2 Å². The van der Waals surface area contributed by atoms with Gasteiger partial charge in [-0.1, -0.05) is 13.8 Å². The lowest BCUT2D eigenvalue weighted by Crippen LogP contribution is -2.30. The molecule has 0 radical (unpaired) electrons. The van der Waals surface area contributed by atoms with Gasteiger partial charge in [-0.25, -0.2) is 0 Å². The molecule has 0 aromatic rings. The van der Waals surface area contributed by atoms with E-state index in [9.17, 15) is 0 Å². The Kier molecular flexibility index (Phi) is 5.35. The maximum Gasteiger partial charge on any atom is 0.109 e. The minimum absolute atomic E-state index is 0.159. The second-order valence-electron chi connectivity index (χ2n) is 3.36. The molecule has 1 rings (SSSR count). The number of hydrogen-bond donors (Lipinski definition) is 0. The molecule has 0 aromatic heterocycles. The van der Waals surface area contributed by atoms with Gasteiger partial charge in [-0.2, -0.15) is 0 Å². The average molecular weight is 188 g/mol. The lowest BCUT2D eigenvalue weighted by Gasteiger charge is -2.18. The fourth-order valence-corrected chi connectivity index (χ4v) is 1.36. The highest BCUT2D eigenvalue weighted by Gasteiger charge is 2.29. The molecule has 1 saturated heterocycles. The Balaban J connectivity index is 2.18. The van der Waals surface area contributed by atoms with E-state index >= 15 is 0 Å². The van der Waals surface area contributed by atoms with E-state index < -0.39 is 0 Å². The summed E-state index contributed by atoms with van der Waals surface area (Å²) in [7, 11) is 0. The molecule has 0 saturated carbocycles. The van der Waals surface area contributed by atoms with Crippen LogP contribution < -0.4 is 0 Å². The third-order valence-corrected chi connectivity index (χ3v) is 2.05. The quantitative estimate of drug-likeness (QED) is 0.633. The van der Waals surface area contributed by atoms with Gasteiger partial charge in [0.15, 0.2) is 0 Å². The van der Waals surface area contributed by atoms with Crippen LogP contribution in [0.5, 0.6) is 0 Å². The molecule has 13 heavy (non-hydrogen) atoms. The van der Waals surface area contributed by atoms with Gasteiger partial charge in [-0.05, 0) is 12.8 Å². The van der Waals surface area contributed by atoms with Crippen LogP contribution in [0.15, 0.2) is 0 Å². The molecule has 2 unspecified atom stereocenters. The monoisotopic (exact) mass is 188 g/mol. The summed E-state index contributed by atoms with van der Waals surface area (Å²) in [6.07, 6.45) is 2.42. The zero-order valence-electron chi connectivity index (χ0n) is 8.62. The zero-order valence-corrected chi connectivity index (χ0v) is 8.62. The van der Waals surface area contributed by atoms with E-state index in [2.05, 4.69) is 13.8 Å². The van der Waals surface area contributed by atoms with Crippen LogP contribution in [0.25, 0.3) is 0 Å². The van der Waals surface area contributed by atoms with Gasteiger partial charge in [0.25, 0.3) is 0 Å². The molecule has 3 heteroatoms. The lowest BCUT2D eigenvalue weighted by atomic mass is 10.2. The van der Waals surface area contributed by atoms with E-state index in [4.69, 9.17) is 14.2 Å². The van der Waals surface area contributed by atoms with Crippen LogP contribution in [0.3, 0.4) is 0 Å². The van der Waals surface area contributed by atoms with E-state index in [0.29, 0.717) is 13.2 Å². The molecule has 1 heterocycles. The topological polar surface area (TPSA) is 27.7 Å². The van der Waals surface area contributed by atoms with Crippen molar-refractivity contribution < 1.29 is 14.2 Å². The van der Waals surface area contributed by atoms with Crippen molar-refractivity contribution in [1.29, 1.82) is 0 Å². The van der Waals surface area contributed by atoms with Crippen molar-refractivity contribution in [2.45, 2.75) is 38.9 Å². The van der Waals surface area contributed by atoms with Crippen LogP contribution in [0, 0.1) is 0 Å². The maximum absolute atomic E-state index is 5.61. The van der Waals surface area contributed by atoms with Crippen molar-refractivity contribution >= 4 is 0 Å². The van der Waals surface area contributed by atoms with Gasteiger partial charge in [0.05, 0.1) is 13.2 Å². The van der Waals surface area contributed by atoms with Crippen LogP contribution in [0.1, 0.15) is 26.7 Å². The fourth-order valence-electron chi connectivity index (χ4n) is 1.36. The van der Waals surface area contributed by atoms with Crippen LogP contribution in [0.4, 0.5) is 0 Å². The third-order valence-electron chi connectivity index (χ3n) is 2.05. The highest BCUT2D eigenvalue weighted by molar-refractivity contribution is 4.76. The molecule has 3 nitrogen and oxygen atoms in total. The van der Waals surface area contributed by atoms with Crippen molar-refractivity contribution in [3.05, 3.63) is 0 Å². The molecule has 0 bridgehead atoms. The first-order valence-corrected chi connectivity index (χ1v) is 5.19. The molecular formula is C10H20O3. The van der Waals surface area contributed by atoms with Crippen LogP contribution >= 0.6 is 0 Å². The maximum atomic E-state index is 5.61. The van der Waals surface area contributed by atoms with E-state index in [1.807, 2.05) is 0 Å². The predicted molar refractivity (Wildman–Crippen MR) is 50.9 cm³/mol. The van der Waals surface area contributed by atoms with Crippen molar-refractivity contribution in [2.24, 2.45) is 0 Å². The highest BCUT2D eigenvalue weighted by Crippen LogP contribution is 2.13. The smallest absolute Gasteiger partial charge is 0.109 e. The SMILES string of the molecule is CCCOC1COCC1OCCC. The van der Waals surface area contributed by atoms with Crippen LogP contribution in [-0.4, -0.2) is 38.6 Å². The Morgan fingerprint density at radius 1 is 1.00 bits per heavy atom. The summed E-state index contributed by atoms with van der Waals surface area (Å²) >= 11 is 0. The second kappa shape index (κ2) is 6.35. The van der Waals surface area contributed by atoms with Crippen molar-refractivity contribution in [3.8, 4) is 0 Å². The lowest BCUT2D eigenvalue weighted by molar-refractivity contribution is -0.0460. The Bertz CT molecular complexity index is 113. The zero-order chi connectivity index (χ0) is 9.52. The largest absolute Gasteiger partial charge is 0.376 e. The number of hydrogen-bond acceptors (Lipinski definition) is 3. The normalized spacial score (nSPS) is 28.2.